The van der Waals surface area contributed by atoms with Gasteiger partial charge in [0.05, 0.1) is 0 Å². The third kappa shape index (κ3) is 4.13. The number of carbonyl (C=O) groups excluding carboxylic acids is 1. The fraction of sp³-hybridized carbons (Fsp3) is 0.647. The van der Waals surface area contributed by atoms with Crippen molar-refractivity contribution in [3.8, 4) is 0 Å². The summed E-state index contributed by atoms with van der Waals surface area (Å²) in [6, 6.07) is 4.02. The lowest BCUT2D eigenvalue weighted by Gasteiger charge is -2.31. The molecule has 0 saturated carbocycles. The molecule has 1 aromatic heterocycles. The molecule has 0 spiro atoms. The van der Waals surface area contributed by atoms with Crippen molar-refractivity contribution in [3.63, 3.8) is 0 Å². The number of anilines is 1. The summed E-state index contributed by atoms with van der Waals surface area (Å²) in [6.07, 6.45) is 6.29. The molecule has 0 aliphatic carbocycles. The van der Waals surface area contributed by atoms with Crippen LogP contribution in [0.25, 0.3) is 0 Å². The molecular weight excluding hydrogens is 292 g/mol. The molecule has 3 rings (SSSR count). The van der Waals surface area contributed by atoms with Crippen LogP contribution in [-0.4, -0.2) is 53.8 Å². The monoisotopic (exact) mass is 318 g/mol. The second kappa shape index (κ2) is 7.64. The summed E-state index contributed by atoms with van der Waals surface area (Å²) >= 11 is 0. The minimum absolute atomic E-state index is 0.0493. The van der Waals surface area contributed by atoms with Gasteiger partial charge in [0.15, 0.2) is 0 Å². The topological polar surface area (TPSA) is 68.7 Å². The number of rotatable bonds is 4. The molecule has 0 radical (unpaired) electrons. The van der Waals surface area contributed by atoms with Gasteiger partial charge < -0.3 is 20.2 Å². The van der Waals surface area contributed by atoms with Crippen molar-refractivity contribution in [2.24, 2.45) is 5.92 Å². The first-order valence-corrected chi connectivity index (χ1v) is 8.60. The quantitative estimate of drug-likeness (QED) is 0.885. The Morgan fingerprint density at radius 2 is 2.09 bits per heavy atom. The Morgan fingerprint density at radius 3 is 2.78 bits per heavy atom. The number of aliphatic hydroxyl groups excluding tert-OH is 1. The summed E-state index contributed by atoms with van der Waals surface area (Å²) < 4.78 is 0. The number of pyridine rings is 1. The molecule has 2 amide bonds. The normalized spacial score (nSPS) is 21.5. The van der Waals surface area contributed by atoms with Crippen molar-refractivity contribution >= 4 is 11.8 Å². The van der Waals surface area contributed by atoms with Gasteiger partial charge in [0.1, 0.15) is 5.82 Å². The highest BCUT2D eigenvalue weighted by molar-refractivity contribution is 5.74. The van der Waals surface area contributed by atoms with Crippen molar-refractivity contribution < 1.29 is 9.90 Å². The van der Waals surface area contributed by atoms with E-state index in [0.29, 0.717) is 13.1 Å². The Hall–Kier alpha value is -1.82. The number of likely N-dealkylation sites (tertiary alicyclic amines) is 1. The Morgan fingerprint density at radius 1 is 1.26 bits per heavy atom. The molecule has 0 aromatic carbocycles. The minimum Gasteiger partial charge on any atom is -0.396 e. The van der Waals surface area contributed by atoms with Crippen LogP contribution in [0.4, 0.5) is 10.6 Å². The van der Waals surface area contributed by atoms with E-state index in [9.17, 15) is 9.90 Å². The number of piperidine rings is 1. The Bertz CT molecular complexity index is 514. The molecule has 3 heterocycles. The number of urea groups is 1. The molecule has 23 heavy (non-hydrogen) atoms. The number of hydrogen-bond acceptors (Lipinski definition) is 4. The van der Waals surface area contributed by atoms with Gasteiger partial charge in [0.2, 0.25) is 0 Å². The van der Waals surface area contributed by atoms with Gasteiger partial charge in [-0.3, -0.25) is 0 Å². The number of aromatic nitrogens is 1. The summed E-state index contributed by atoms with van der Waals surface area (Å²) in [6.45, 7) is 4.25. The van der Waals surface area contributed by atoms with Crippen LogP contribution in [0.5, 0.6) is 0 Å². The summed E-state index contributed by atoms with van der Waals surface area (Å²) in [5.74, 6) is 1.25. The lowest BCUT2D eigenvalue weighted by Crippen LogP contribution is -2.45. The van der Waals surface area contributed by atoms with E-state index < -0.39 is 0 Å². The van der Waals surface area contributed by atoms with E-state index in [2.05, 4.69) is 15.2 Å². The average molecular weight is 318 g/mol. The van der Waals surface area contributed by atoms with Gasteiger partial charge in [-0.2, -0.15) is 0 Å². The molecule has 2 fully saturated rings. The maximum Gasteiger partial charge on any atom is 0.317 e. The molecule has 6 heteroatoms. The number of amides is 2. The van der Waals surface area contributed by atoms with E-state index in [-0.39, 0.29) is 18.6 Å². The van der Waals surface area contributed by atoms with Crippen LogP contribution >= 0.6 is 0 Å². The molecule has 1 unspecified atom stereocenters. The second-order valence-electron chi connectivity index (χ2n) is 6.51. The first-order chi connectivity index (χ1) is 11.3. The van der Waals surface area contributed by atoms with E-state index in [0.717, 1.165) is 43.9 Å². The molecule has 0 bridgehead atoms. The van der Waals surface area contributed by atoms with Crippen LogP contribution in [0, 0.1) is 5.92 Å². The van der Waals surface area contributed by atoms with Crippen LogP contribution in [0.15, 0.2) is 18.3 Å². The fourth-order valence-corrected chi connectivity index (χ4v) is 3.34. The highest BCUT2D eigenvalue weighted by atomic mass is 16.3. The number of nitrogens with one attached hydrogen (secondary N) is 1. The van der Waals surface area contributed by atoms with E-state index in [1.807, 2.05) is 18.3 Å². The minimum atomic E-state index is -0.0493. The van der Waals surface area contributed by atoms with Gasteiger partial charge in [0, 0.05) is 45.5 Å². The lowest BCUT2D eigenvalue weighted by atomic mass is 9.99. The predicted molar refractivity (Wildman–Crippen MR) is 89.3 cm³/mol. The molecule has 1 aromatic rings. The largest absolute Gasteiger partial charge is 0.396 e. The van der Waals surface area contributed by atoms with Crippen molar-refractivity contribution in [3.05, 3.63) is 23.9 Å². The van der Waals surface area contributed by atoms with Crippen molar-refractivity contribution in [1.29, 1.82) is 0 Å². The first-order valence-electron chi connectivity index (χ1n) is 8.60. The molecule has 2 N–H and O–H groups in total. The third-order valence-electron chi connectivity index (χ3n) is 4.75. The summed E-state index contributed by atoms with van der Waals surface area (Å²) in [5.41, 5.74) is 1.01. The second-order valence-corrected chi connectivity index (χ2v) is 6.51. The summed E-state index contributed by atoms with van der Waals surface area (Å²) in [7, 11) is 0. The van der Waals surface area contributed by atoms with E-state index >= 15 is 0 Å². The van der Waals surface area contributed by atoms with Gasteiger partial charge >= 0.3 is 6.03 Å². The zero-order chi connectivity index (χ0) is 16.1. The van der Waals surface area contributed by atoms with Crippen molar-refractivity contribution in [2.75, 3.05) is 37.7 Å². The summed E-state index contributed by atoms with van der Waals surface area (Å²) in [4.78, 5) is 20.8. The van der Waals surface area contributed by atoms with Crippen LogP contribution in [0.1, 0.15) is 31.2 Å². The van der Waals surface area contributed by atoms with Gasteiger partial charge in [-0.15, -0.1) is 0 Å². The number of hydrogen-bond donors (Lipinski definition) is 2. The van der Waals surface area contributed by atoms with Crippen LogP contribution < -0.4 is 10.2 Å². The smallest absolute Gasteiger partial charge is 0.317 e. The highest BCUT2D eigenvalue weighted by Crippen LogP contribution is 2.18. The number of aliphatic hydroxyl groups is 1. The molecule has 126 valence electrons. The van der Waals surface area contributed by atoms with Crippen LogP contribution in [0.2, 0.25) is 0 Å². The maximum atomic E-state index is 12.2. The first kappa shape index (κ1) is 16.1. The summed E-state index contributed by atoms with van der Waals surface area (Å²) in [5, 5.41) is 12.2. The average Bonchev–Trinajstić information content (AvgIpc) is 3.15. The Balaban J connectivity index is 1.48. The Labute approximate surface area is 137 Å². The molecular formula is C17H26N4O2. The zero-order valence-corrected chi connectivity index (χ0v) is 13.6. The van der Waals surface area contributed by atoms with Crippen LogP contribution in [-0.2, 0) is 6.54 Å². The highest BCUT2D eigenvalue weighted by Gasteiger charge is 2.22. The standard InChI is InChI=1S/C17H26N4O2/c22-13-15-4-3-9-21(12-15)17(23)19-11-14-5-6-16(18-10-14)20-7-1-2-8-20/h5-6,10,15,22H,1-4,7-9,11-13H2,(H,19,23). The number of nitrogens with zero attached hydrogens (tertiary/aromatic N) is 3. The van der Waals surface area contributed by atoms with E-state index in [1.165, 1.54) is 12.8 Å². The molecule has 2 aliphatic heterocycles. The van der Waals surface area contributed by atoms with Gasteiger partial charge in [-0.05, 0) is 43.2 Å². The molecule has 1 atom stereocenters. The SMILES string of the molecule is O=C(NCc1ccc(N2CCCC2)nc1)N1CCCC(CO)C1. The predicted octanol–water partition coefficient (Wildman–Crippen LogP) is 1.60. The third-order valence-corrected chi connectivity index (χ3v) is 4.75. The van der Waals surface area contributed by atoms with Crippen molar-refractivity contribution in [1.82, 2.24) is 15.2 Å². The zero-order valence-electron chi connectivity index (χ0n) is 13.6. The molecule has 2 saturated heterocycles. The number of carbonyl (C=O) groups is 1. The lowest BCUT2D eigenvalue weighted by molar-refractivity contribution is 0.129. The van der Waals surface area contributed by atoms with E-state index in [1.54, 1.807) is 4.90 Å². The van der Waals surface area contributed by atoms with Gasteiger partial charge in [-0.25, -0.2) is 9.78 Å². The molecule has 6 nitrogen and oxygen atoms in total. The maximum absolute atomic E-state index is 12.2. The van der Waals surface area contributed by atoms with Crippen LogP contribution in [0.3, 0.4) is 0 Å². The van der Waals surface area contributed by atoms with E-state index in [4.69, 9.17) is 0 Å². The fourth-order valence-electron chi connectivity index (χ4n) is 3.34. The van der Waals surface area contributed by atoms with Gasteiger partial charge in [0.25, 0.3) is 0 Å². The van der Waals surface area contributed by atoms with Gasteiger partial charge in [-0.1, -0.05) is 6.07 Å². The van der Waals surface area contributed by atoms with Crippen molar-refractivity contribution in [2.45, 2.75) is 32.2 Å². The Kier molecular flexibility index (Phi) is 5.33. The molecule has 2 aliphatic rings.